The third-order valence-electron chi connectivity index (χ3n) is 3.73. The molecule has 0 saturated heterocycles. The van der Waals surface area contributed by atoms with Gasteiger partial charge in [0.25, 0.3) is 5.91 Å². The summed E-state index contributed by atoms with van der Waals surface area (Å²) in [6, 6.07) is 14.7. The molecule has 4 N–H and O–H groups in total. The predicted molar refractivity (Wildman–Crippen MR) is 89.9 cm³/mol. The van der Waals surface area contributed by atoms with Gasteiger partial charge in [-0.2, -0.15) is 0 Å². The number of hydrogen-bond acceptors (Lipinski definition) is 5. The van der Waals surface area contributed by atoms with E-state index in [-0.39, 0.29) is 6.61 Å². The Kier molecular flexibility index (Phi) is 4.74. The minimum Gasteiger partial charge on any atom is -0.395 e. The van der Waals surface area contributed by atoms with Crippen molar-refractivity contribution in [2.45, 2.75) is 6.54 Å². The van der Waals surface area contributed by atoms with E-state index in [4.69, 9.17) is 5.21 Å². The SMILES string of the molecule is O=C(NO)c1ccc2nc(CN(CCO)c3ccccc3)[nH]c2c1. The molecular formula is C17H18N4O3. The molecule has 0 aliphatic heterocycles. The maximum Gasteiger partial charge on any atom is 0.274 e. The highest BCUT2D eigenvalue weighted by Crippen LogP contribution is 2.18. The third kappa shape index (κ3) is 3.37. The summed E-state index contributed by atoms with van der Waals surface area (Å²) in [4.78, 5) is 21.2. The third-order valence-corrected chi connectivity index (χ3v) is 3.73. The Morgan fingerprint density at radius 3 is 2.71 bits per heavy atom. The van der Waals surface area contributed by atoms with Crippen molar-refractivity contribution in [3.05, 3.63) is 59.9 Å². The van der Waals surface area contributed by atoms with Crippen LogP contribution in [-0.2, 0) is 6.54 Å². The highest BCUT2D eigenvalue weighted by Gasteiger charge is 2.12. The Hall–Kier alpha value is -2.90. The van der Waals surface area contributed by atoms with E-state index < -0.39 is 5.91 Å². The van der Waals surface area contributed by atoms with Gasteiger partial charge in [0.05, 0.1) is 24.2 Å². The number of imidazole rings is 1. The fourth-order valence-corrected chi connectivity index (χ4v) is 2.58. The maximum atomic E-state index is 11.5. The molecule has 0 unspecified atom stereocenters. The summed E-state index contributed by atoms with van der Waals surface area (Å²) in [7, 11) is 0. The molecule has 1 aromatic heterocycles. The number of carbonyl (C=O) groups is 1. The lowest BCUT2D eigenvalue weighted by molar-refractivity contribution is 0.0706. The number of aliphatic hydroxyl groups is 1. The van der Waals surface area contributed by atoms with Crippen LogP contribution >= 0.6 is 0 Å². The molecule has 0 aliphatic rings. The second kappa shape index (κ2) is 7.12. The number of para-hydroxylation sites is 1. The Balaban J connectivity index is 1.86. The van der Waals surface area contributed by atoms with Gasteiger partial charge >= 0.3 is 0 Å². The number of hydroxylamine groups is 1. The number of rotatable bonds is 6. The van der Waals surface area contributed by atoms with Crippen molar-refractivity contribution in [2.75, 3.05) is 18.1 Å². The van der Waals surface area contributed by atoms with Crippen molar-refractivity contribution in [1.82, 2.24) is 15.4 Å². The number of anilines is 1. The fourth-order valence-electron chi connectivity index (χ4n) is 2.58. The molecular weight excluding hydrogens is 308 g/mol. The highest BCUT2D eigenvalue weighted by atomic mass is 16.5. The van der Waals surface area contributed by atoms with Crippen LogP contribution in [0.2, 0.25) is 0 Å². The van der Waals surface area contributed by atoms with Crippen LogP contribution in [0, 0.1) is 0 Å². The first-order valence-electron chi connectivity index (χ1n) is 7.55. The fraction of sp³-hybridized carbons (Fsp3) is 0.176. The largest absolute Gasteiger partial charge is 0.395 e. The molecule has 0 bridgehead atoms. The van der Waals surface area contributed by atoms with E-state index >= 15 is 0 Å². The summed E-state index contributed by atoms with van der Waals surface area (Å²) in [6.07, 6.45) is 0. The summed E-state index contributed by atoms with van der Waals surface area (Å²) in [5, 5.41) is 18.0. The molecule has 2 aromatic carbocycles. The summed E-state index contributed by atoms with van der Waals surface area (Å²) >= 11 is 0. The number of aromatic nitrogens is 2. The number of aliphatic hydroxyl groups excluding tert-OH is 1. The number of fused-ring (bicyclic) bond motifs is 1. The van der Waals surface area contributed by atoms with E-state index in [2.05, 4.69) is 9.97 Å². The van der Waals surface area contributed by atoms with E-state index in [9.17, 15) is 9.90 Å². The monoisotopic (exact) mass is 326 g/mol. The van der Waals surface area contributed by atoms with Gasteiger partial charge in [0, 0.05) is 17.8 Å². The van der Waals surface area contributed by atoms with Gasteiger partial charge in [-0.05, 0) is 30.3 Å². The van der Waals surface area contributed by atoms with Gasteiger partial charge in [-0.15, -0.1) is 0 Å². The number of hydrogen-bond donors (Lipinski definition) is 4. The zero-order valence-electron chi connectivity index (χ0n) is 12.9. The first kappa shape index (κ1) is 16.0. The van der Waals surface area contributed by atoms with Crippen molar-refractivity contribution < 1.29 is 15.1 Å². The average Bonchev–Trinajstić information content (AvgIpc) is 3.03. The van der Waals surface area contributed by atoms with E-state index in [0.717, 1.165) is 17.0 Å². The van der Waals surface area contributed by atoms with Crippen molar-refractivity contribution >= 4 is 22.6 Å². The first-order valence-corrected chi connectivity index (χ1v) is 7.55. The van der Waals surface area contributed by atoms with Crippen molar-refractivity contribution in [1.29, 1.82) is 0 Å². The van der Waals surface area contributed by atoms with Crippen LogP contribution < -0.4 is 10.4 Å². The summed E-state index contributed by atoms with van der Waals surface area (Å²) < 4.78 is 0. The topological polar surface area (TPSA) is 101 Å². The number of H-pyrrole nitrogens is 1. The number of aromatic amines is 1. The zero-order valence-corrected chi connectivity index (χ0v) is 12.9. The molecule has 1 amide bonds. The molecule has 24 heavy (non-hydrogen) atoms. The van der Waals surface area contributed by atoms with E-state index in [1.165, 1.54) is 0 Å². The van der Waals surface area contributed by atoms with Gasteiger partial charge in [0.15, 0.2) is 0 Å². The smallest absolute Gasteiger partial charge is 0.274 e. The summed E-state index contributed by atoms with van der Waals surface area (Å²) in [6.45, 7) is 1.02. The van der Waals surface area contributed by atoms with Crippen LogP contribution in [0.1, 0.15) is 16.2 Å². The number of nitrogens with one attached hydrogen (secondary N) is 2. The molecule has 0 atom stereocenters. The minimum atomic E-state index is -0.570. The molecule has 0 aliphatic carbocycles. The Morgan fingerprint density at radius 1 is 1.21 bits per heavy atom. The molecule has 7 heteroatoms. The Morgan fingerprint density at radius 2 is 2.00 bits per heavy atom. The molecule has 7 nitrogen and oxygen atoms in total. The van der Waals surface area contributed by atoms with Crippen LogP contribution in [0.3, 0.4) is 0 Å². The quantitative estimate of drug-likeness (QED) is 0.408. The lowest BCUT2D eigenvalue weighted by atomic mass is 10.2. The van der Waals surface area contributed by atoms with Crippen LogP contribution in [0.15, 0.2) is 48.5 Å². The van der Waals surface area contributed by atoms with E-state index in [1.54, 1.807) is 23.7 Å². The zero-order chi connectivity index (χ0) is 16.9. The van der Waals surface area contributed by atoms with Gasteiger partial charge in [-0.1, -0.05) is 18.2 Å². The lowest BCUT2D eigenvalue weighted by Gasteiger charge is -2.22. The van der Waals surface area contributed by atoms with Crippen molar-refractivity contribution in [3.8, 4) is 0 Å². The predicted octanol–water partition coefficient (Wildman–Crippen LogP) is 1.68. The number of nitrogens with zero attached hydrogens (tertiary/aromatic N) is 2. The molecule has 0 fully saturated rings. The number of carbonyl (C=O) groups excluding carboxylic acids is 1. The molecule has 0 saturated carbocycles. The maximum absolute atomic E-state index is 11.5. The van der Waals surface area contributed by atoms with Crippen LogP contribution in [0.25, 0.3) is 11.0 Å². The van der Waals surface area contributed by atoms with Gasteiger partial charge in [-0.25, -0.2) is 10.5 Å². The van der Waals surface area contributed by atoms with Gasteiger partial charge in [-0.3, -0.25) is 10.0 Å². The van der Waals surface area contributed by atoms with Crippen molar-refractivity contribution in [3.63, 3.8) is 0 Å². The van der Waals surface area contributed by atoms with E-state index in [0.29, 0.717) is 24.2 Å². The first-order chi connectivity index (χ1) is 11.7. The second-order valence-electron chi connectivity index (χ2n) is 5.34. The summed E-state index contributed by atoms with van der Waals surface area (Å²) in [5.74, 6) is 0.156. The number of benzene rings is 2. The number of amides is 1. The molecule has 124 valence electrons. The standard InChI is InChI=1S/C17H18N4O3/c22-9-8-21(13-4-2-1-3-5-13)11-16-18-14-7-6-12(17(23)20-24)10-15(14)19-16/h1-7,10,22,24H,8-9,11H2,(H,18,19)(H,20,23). The van der Waals surface area contributed by atoms with Crippen LogP contribution in [0.5, 0.6) is 0 Å². The van der Waals surface area contributed by atoms with Crippen LogP contribution in [0.4, 0.5) is 5.69 Å². The highest BCUT2D eigenvalue weighted by molar-refractivity contribution is 5.96. The van der Waals surface area contributed by atoms with Crippen LogP contribution in [-0.4, -0.2) is 39.3 Å². The molecule has 0 spiro atoms. The molecule has 0 radical (unpaired) electrons. The Labute approximate surface area is 138 Å². The Bertz CT molecular complexity index is 832. The summed E-state index contributed by atoms with van der Waals surface area (Å²) in [5.41, 5.74) is 4.39. The average molecular weight is 326 g/mol. The van der Waals surface area contributed by atoms with E-state index in [1.807, 2.05) is 35.2 Å². The van der Waals surface area contributed by atoms with Crippen molar-refractivity contribution in [2.24, 2.45) is 0 Å². The lowest BCUT2D eigenvalue weighted by Crippen LogP contribution is -2.26. The second-order valence-corrected chi connectivity index (χ2v) is 5.34. The minimum absolute atomic E-state index is 0.0376. The molecule has 1 heterocycles. The van der Waals surface area contributed by atoms with Gasteiger partial charge < -0.3 is 15.0 Å². The molecule has 3 rings (SSSR count). The van der Waals surface area contributed by atoms with Gasteiger partial charge in [0.1, 0.15) is 5.82 Å². The molecule has 3 aromatic rings. The normalized spacial score (nSPS) is 10.8. The van der Waals surface area contributed by atoms with Gasteiger partial charge in [0.2, 0.25) is 0 Å².